The van der Waals surface area contributed by atoms with Gasteiger partial charge in [-0.2, -0.15) is 0 Å². The number of aliphatic carboxylic acids is 1. The van der Waals surface area contributed by atoms with Crippen molar-refractivity contribution in [1.29, 1.82) is 0 Å². The third-order valence-corrected chi connectivity index (χ3v) is 8.91. The maximum atomic E-state index is 11.9. The summed E-state index contributed by atoms with van der Waals surface area (Å²) < 4.78 is 12.1. The summed E-state index contributed by atoms with van der Waals surface area (Å²) in [5, 5.41) is 9.77. The molecule has 6 nitrogen and oxygen atoms in total. The van der Waals surface area contributed by atoms with E-state index in [2.05, 4.69) is 74.0 Å². The van der Waals surface area contributed by atoms with Crippen molar-refractivity contribution in [3.63, 3.8) is 0 Å². The number of carbonyl (C=O) groups is 1. The van der Waals surface area contributed by atoms with E-state index in [1.54, 1.807) is 13.3 Å². The zero-order valence-corrected chi connectivity index (χ0v) is 25.3. The highest BCUT2D eigenvalue weighted by atomic mass is 16.5. The number of fused-ring (bicyclic) bond motifs is 1. The third-order valence-electron chi connectivity index (χ3n) is 8.91. The molecular formula is C35H44N2O4. The molecule has 3 aromatic rings. The first-order valence-electron chi connectivity index (χ1n) is 15.1. The van der Waals surface area contributed by atoms with Crippen LogP contribution < -0.4 is 9.47 Å². The van der Waals surface area contributed by atoms with E-state index < -0.39 is 11.9 Å². The molecule has 6 heteroatoms. The summed E-state index contributed by atoms with van der Waals surface area (Å²) in [6, 6.07) is 18.0. The number of pyridine rings is 1. The molecule has 1 saturated carbocycles. The Balaban J connectivity index is 1.47. The molecule has 5 rings (SSSR count). The number of ether oxygens (including phenoxy) is 2. The first-order valence-corrected chi connectivity index (χ1v) is 15.1. The molecule has 0 saturated heterocycles. The van der Waals surface area contributed by atoms with Gasteiger partial charge in [0, 0.05) is 30.9 Å². The van der Waals surface area contributed by atoms with Crippen molar-refractivity contribution in [2.75, 3.05) is 7.11 Å². The van der Waals surface area contributed by atoms with Crippen LogP contribution in [0.3, 0.4) is 0 Å². The van der Waals surface area contributed by atoms with Crippen LogP contribution in [0.4, 0.5) is 0 Å². The molecule has 0 radical (unpaired) electrons. The van der Waals surface area contributed by atoms with Crippen molar-refractivity contribution < 1.29 is 19.4 Å². The van der Waals surface area contributed by atoms with Crippen LogP contribution in [0, 0.1) is 11.8 Å². The fourth-order valence-corrected chi connectivity index (χ4v) is 6.48. The Labute approximate surface area is 244 Å². The van der Waals surface area contributed by atoms with Crippen LogP contribution in [-0.2, 0) is 17.8 Å². The zero-order chi connectivity index (χ0) is 29.3. The van der Waals surface area contributed by atoms with Crippen molar-refractivity contribution >= 4 is 5.97 Å². The maximum Gasteiger partial charge on any atom is 0.306 e. The molecule has 2 aromatic carbocycles. The van der Waals surface area contributed by atoms with Gasteiger partial charge in [0.15, 0.2) is 0 Å². The largest absolute Gasteiger partial charge is 0.485 e. The lowest BCUT2D eigenvalue weighted by molar-refractivity contribution is -0.142. The standard InChI is InChI=1S/C35H44N2O4/c1-21(2)37(22(3)4)20-29-17-27(11-13-30(29)26-15-16-36-33(19-26)40-6)31-14-12-24-7-10-28(18-32(24)41-31)34(25-8-9-25)23(5)35(38)39/h7,10-11,13,15-19,21-23,25,31,34H,8-9,12,14,20H2,1-6H3,(H,38,39). The van der Waals surface area contributed by atoms with Crippen molar-refractivity contribution in [3.8, 4) is 22.8 Å². The van der Waals surface area contributed by atoms with E-state index in [-0.39, 0.29) is 12.0 Å². The smallest absolute Gasteiger partial charge is 0.306 e. The van der Waals surface area contributed by atoms with Gasteiger partial charge in [0.2, 0.25) is 5.88 Å². The summed E-state index contributed by atoms with van der Waals surface area (Å²) in [5.74, 6) is 0.846. The second-order valence-corrected chi connectivity index (χ2v) is 12.4. The Morgan fingerprint density at radius 2 is 1.78 bits per heavy atom. The lowest BCUT2D eigenvalue weighted by atomic mass is 9.82. The van der Waals surface area contributed by atoms with Gasteiger partial charge in [-0.05, 0) is 111 Å². The number of hydrogen-bond donors (Lipinski definition) is 1. The summed E-state index contributed by atoms with van der Waals surface area (Å²) in [6.07, 6.45) is 5.79. The summed E-state index contributed by atoms with van der Waals surface area (Å²) >= 11 is 0. The monoisotopic (exact) mass is 556 g/mol. The van der Waals surface area contributed by atoms with Crippen molar-refractivity contribution in [2.24, 2.45) is 11.8 Å². The van der Waals surface area contributed by atoms with E-state index in [0.29, 0.717) is 23.9 Å². The van der Waals surface area contributed by atoms with Gasteiger partial charge < -0.3 is 14.6 Å². The number of aryl methyl sites for hydroxylation is 1. The van der Waals surface area contributed by atoms with E-state index in [1.165, 1.54) is 22.3 Å². The molecule has 3 unspecified atom stereocenters. The zero-order valence-electron chi connectivity index (χ0n) is 25.3. The van der Waals surface area contributed by atoms with Gasteiger partial charge in [0.05, 0.1) is 13.0 Å². The molecule has 3 atom stereocenters. The van der Waals surface area contributed by atoms with Crippen LogP contribution in [0.2, 0.25) is 0 Å². The minimum absolute atomic E-state index is 0.0306. The average Bonchev–Trinajstić information content (AvgIpc) is 3.80. The maximum absolute atomic E-state index is 11.9. The Hall–Kier alpha value is -3.38. The molecular weight excluding hydrogens is 512 g/mol. The van der Waals surface area contributed by atoms with Gasteiger partial charge in [-0.1, -0.05) is 37.3 Å². The van der Waals surface area contributed by atoms with Crippen molar-refractivity contribution in [2.45, 2.75) is 91.0 Å². The second kappa shape index (κ2) is 12.2. The predicted octanol–water partition coefficient (Wildman–Crippen LogP) is 7.66. The number of methoxy groups -OCH3 is 1. The normalized spacial score (nSPS) is 18.2. The van der Waals surface area contributed by atoms with Gasteiger partial charge >= 0.3 is 5.97 Å². The number of hydrogen-bond acceptors (Lipinski definition) is 5. The first kappa shape index (κ1) is 29.1. The highest BCUT2D eigenvalue weighted by molar-refractivity contribution is 5.71. The topological polar surface area (TPSA) is 71.9 Å². The lowest BCUT2D eigenvalue weighted by Crippen LogP contribution is -2.36. The fourth-order valence-electron chi connectivity index (χ4n) is 6.48. The molecule has 1 aromatic heterocycles. The molecule has 0 spiro atoms. The molecule has 0 amide bonds. The van der Waals surface area contributed by atoms with Crippen LogP contribution in [0.5, 0.6) is 11.6 Å². The number of carboxylic acids is 1. The molecule has 1 aliphatic heterocycles. The lowest BCUT2D eigenvalue weighted by Gasteiger charge is -2.32. The molecule has 1 N–H and O–H groups in total. The molecule has 0 bridgehead atoms. The van der Waals surface area contributed by atoms with E-state index in [9.17, 15) is 9.90 Å². The van der Waals surface area contributed by atoms with Gasteiger partial charge in [-0.15, -0.1) is 0 Å². The summed E-state index contributed by atoms with van der Waals surface area (Å²) in [6.45, 7) is 11.7. The Kier molecular flexibility index (Phi) is 8.69. The molecule has 1 aliphatic carbocycles. The number of carboxylic acid groups (broad SMARTS) is 1. The predicted molar refractivity (Wildman–Crippen MR) is 162 cm³/mol. The van der Waals surface area contributed by atoms with E-state index >= 15 is 0 Å². The number of aromatic nitrogens is 1. The Morgan fingerprint density at radius 1 is 1.02 bits per heavy atom. The van der Waals surface area contributed by atoms with Crippen LogP contribution in [-0.4, -0.2) is 40.2 Å². The summed E-state index contributed by atoms with van der Waals surface area (Å²) in [4.78, 5) is 18.7. The Bertz CT molecular complexity index is 1370. The van der Waals surface area contributed by atoms with Crippen LogP contribution in [0.15, 0.2) is 54.7 Å². The van der Waals surface area contributed by atoms with Gasteiger partial charge in [0.1, 0.15) is 11.9 Å². The third kappa shape index (κ3) is 6.43. The second-order valence-electron chi connectivity index (χ2n) is 12.4. The number of nitrogens with zero attached hydrogens (tertiary/aromatic N) is 2. The molecule has 218 valence electrons. The highest BCUT2D eigenvalue weighted by Gasteiger charge is 2.39. The van der Waals surface area contributed by atoms with Gasteiger partial charge in [-0.25, -0.2) is 4.98 Å². The fraction of sp³-hybridized carbons (Fsp3) is 0.486. The Morgan fingerprint density at radius 3 is 2.44 bits per heavy atom. The SMILES string of the molecule is COc1cc(-c2ccc(C3CCc4ccc(C(C5CC5)C(C)C(=O)O)cc4O3)cc2CN(C(C)C)C(C)C)ccn1. The van der Waals surface area contributed by atoms with Gasteiger partial charge in [-0.3, -0.25) is 9.69 Å². The minimum atomic E-state index is -0.727. The number of benzene rings is 2. The minimum Gasteiger partial charge on any atom is -0.485 e. The average molecular weight is 557 g/mol. The summed E-state index contributed by atoms with van der Waals surface area (Å²) in [7, 11) is 1.65. The van der Waals surface area contributed by atoms with Crippen molar-refractivity contribution in [1.82, 2.24) is 9.88 Å². The van der Waals surface area contributed by atoms with E-state index in [1.807, 2.05) is 19.1 Å². The summed E-state index contributed by atoms with van der Waals surface area (Å²) in [5.41, 5.74) is 6.98. The highest BCUT2D eigenvalue weighted by Crippen LogP contribution is 2.48. The van der Waals surface area contributed by atoms with Gasteiger partial charge in [0.25, 0.3) is 0 Å². The quantitative estimate of drug-likeness (QED) is 0.261. The van der Waals surface area contributed by atoms with Crippen LogP contribution in [0.1, 0.15) is 88.2 Å². The molecule has 2 heterocycles. The first-order chi connectivity index (χ1) is 19.7. The van der Waals surface area contributed by atoms with E-state index in [4.69, 9.17) is 9.47 Å². The molecule has 2 aliphatic rings. The molecule has 41 heavy (non-hydrogen) atoms. The van der Waals surface area contributed by atoms with Crippen molar-refractivity contribution in [3.05, 3.63) is 77.0 Å². The number of rotatable bonds is 11. The van der Waals surface area contributed by atoms with Crippen LogP contribution in [0.25, 0.3) is 11.1 Å². The van der Waals surface area contributed by atoms with E-state index in [0.717, 1.165) is 49.1 Å². The van der Waals surface area contributed by atoms with Crippen LogP contribution >= 0.6 is 0 Å². The molecule has 1 fully saturated rings.